The van der Waals surface area contributed by atoms with E-state index >= 15 is 0 Å². The summed E-state index contributed by atoms with van der Waals surface area (Å²) in [6, 6.07) is -0.612. The number of unbranched alkanes of at least 4 members (excludes halogenated alkanes) is 7. The van der Waals surface area contributed by atoms with Crippen molar-refractivity contribution < 1.29 is 19.1 Å². The highest BCUT2D eigenvalue weighted by Crippen LogP contribution is 2.09. The van der Waals surface area contributed by atoms with Gasteiger partial charge in [-0.2, -0.15) is 0 Å². The quantitative estimate of drug-likeness (QED) is 0.322. The third-order valence-electron chi connectivity index (χ3n) is 3.94. The highest BCUT2D eigenvalue weighted by Gasteiger charge is 2.22. The zero-order valence-corrected chi connectivity index (χ0v) is 16.8. The molecule has 0 rings (SSSR count). The first-order valence-electron chi connectivity index (χ1n) is 10.1. The van der Waals surface area contributed by atoms with Crippen molar-refractivity contribution in [2.75, 3.05) is 13.2 Å². The SMILES string of the molecule is CCCCCCCCCCOC(=O)C(CCC)NC(=O)OCC(C)C. The normalized spacial score (nSPS) is 12.0. The van der Waals surface area contributed by atoms with Crippen molar-refractivity contribution in [3.63, 3.8) is 0 Å². The molecule has 148 valence electrons. The highest BCUT2D eigenvalue weighted by atomic mass is 16.6. The van der Waals surface area contributed by atoms with Gasteiger partial charge in [0.2, 0.25) is 0 Å². The van der Waals surface area contributed by atoms with Crippen LogP contribution in [0, 0.1) is 5.92 Å². The molecule has 0 saturated carbocycles. The van der Waals surface area contributed by atoms with Crippen molar-refractivity contribution in [2.24, 2.45) is 5.92 Å². The average Bonchev–Trinajstić information content (AvgIpc) is 2.58. The van der Waals surface area contributed by atoms with Crippen LogP contribution in [0.25, 0.3) is 0 Å². The molecule has 0 saturated heterocycles. The summed E-state index contributed by atoms with van der Waals surface area (Å²) >= 11 is 0. The van der Waals surface area contributed by atoms with Gasteiger partial charge in [-0.15, -0.1) is 0 Å². The van der Waals surface area contributed by atoms with Crippen LogP contribution in [0.2, 0.25) is 0 Å². The first-order chi connectivity index (χ1) is 12.0. The van der Waals surface area contributed by atoms with Crippen LogP contribution in [0.1, 0.15) is 91.9 Å². The van der Waals surface area contributed by atoms with Crippen LogP contribution in [0.3, 0.4) is 0 Å². The Morgan fingerprint density at radius 3 is 2.00 bits per heavy atom. The topological polar surface area (TPSA) is 64.6 Å². The summed E-state index contributed by atoms with van der Waals surface area (Å²) in [7, 11) is 0. The third-order valence-corrected chi connectivity index (χ3v) is 3.94. The van der Waals surface area contributed by atoms with E-state index in [9.17, 15) is 9.59 Å². The molecular weight excluding hydrogens is 318 g/mol. The predicted molar refractivity (Wildman–Crippen MR) is 102 cm³/mol. The molecule has 1 unspecified atom stereocenters. The molecule has 0 aliphatic heterocycles. The Balaban J connectivity index is 3.87. The Hall–Kier alpha value is -1.26. The molecular formula is C20H39NO4. The van der Waals surface area contributed by atoms with E-state index in [2.05, 4.69) is 12.2 Å². The van der Waals surface area contributed by atoms with Crippen LogP contribution in [-0.2, 0) is 14.3 Å². The van der Waals surface area contributed by atoms with Gasteiger partial charge in [-0.25, -0.2) is 9.59 Å². The fourth-order valence-electron chi connectivity index (χ4n) is 2.47. The molecule has 25 heavy (non-hydrogen) atoms. The number of nitrogens with one attached hydrogen (secondary N) is 1. The van der Waals surface area contributed by atoms with E-state index in [0.717, 1.165) is 19.3 Å². The number of rotatable bonds is 15. The monoisotopic (exact) mass is 357 g/mol. The fraction of sp³-hybridized carbons (Fsp3) is 0.900. The minimum atomic E-state index is -0.612. The van der Waals surface area contributed by atoms with Crippen LogP contribution in [0.5, 0.6) is 0 Å². The maximum atomic E-state index is 12.1. The molecule has 0 spiro atoms. The molecule has 0 aliphatic carbocycles. The number of alkyl carbamates (subject to hydrolysis) is 1. The lowest BCUT2D eigenvalue weighted by Crippen LogP contribution is -2.42. The number of hydrogen-bond donors (Lipinski definition) is 1. The van der Waals surface area contributed by atoms with E-state index in [1.54, 1.807) is 0 Å². The molecule has 0 aromatic heterocycles. The standard InChI is InChI=1S/C20H39NO4/c1-5-7-8-9-10-11-12-13-15-24-19(22)18(14-6-2)21-20(23)25-16-17(3)4/h17-18H,5-16H2,1-4H3,(H,21,23). The van der Waals surface area contributed by atoms with Crippen molar-refractivity contribution in [2.45, 2.75) is 97.9 Å². The van der Waals surface area contributed by atoms with E-state index in [1.807, 2.05) is 20.8 Å². The molecule has 1 N–H and O–H groups in total. The Labute approximate surface area is 154 Å². The molecule has 0 radical (unpaired) electrons. The van der Waals surface area contributed by atoms with Gasteiger partial charge < -0.3 is 14.8 Å². The lowest BCUT2D eigenvalue weighted by molar-refractivity contribution is -0.146. The van der Waals surface area contributed by atoms with E-state index in [4.69, 9.17) is 9.47 Å². The van der Waals surface area contributed by atoms with Crippen LogP contribution >= 0.6 is 0 Å². The van der Waals surface area contributed by atoms with Crippen molar-refractivity contribution in [1.82, 2.24) is 5.32 Å². The molecule has 1 atom stereocenters. The Morgan fingerprint density at radius 2 is 1.44 bits per heavy atom. The number of carbonyl (C=O) groups is 2. The van der Waals surface area contributed by atoms with E-state index in [-0.39, 0.29) is 11.9 Å². The van der Waals surface area contributed by atoms with Gasteiger partial charge in [0.15, 0.2) is 0 Å². The van der Waals surface area contributed by atoms with E-state index in [0.29, 0.717) is 19.6 Å². The minimum absolute atomic E-state index is 0.268. The number of carbonyl (C=O) groups excluding carboxylic acids is 2. The Kier molecular flexibility index (Phi) is 15.4. The van der Waals surface area contributed by atoms with Crippen molar-refractivity contribution >= 4 is 12.1 Å². The summed E-state index contributed by atoms with van der Waals surface area (Å²) in [6.07, 6.45) is 10.5. The number of ether oxygens (including phenoxy) is 2. The first-order valence-corrected chi connectivity index (χ1v) is 10.1. The largest absolute Gasteiger partial charge is 0.464 e. The van der Waals surface area contributed by atoms with E-state index in [1.165, 1.54) is 38.5 Å². The van der Waals surface area contributed by atoms with Gasteiger partial charge in [-0.3, -0.25) is 0 Å². The van der Waals surface area contributed by atoms with Gasteiger partial charge in [0.1, 0.15) is 6.04 Å². The molecule has 1 amide bonds. The second kappa shape index (κ2) is 16.2. The smallest absolute Gasteiger partial charge is 0.407 e. The molecule has 0 aromatic rings. The van der Waals surface area contributed by atoms with Gasteiger partial charge in [-0.1, -0.05) is 79.1 Å². The molecule has 0 fully saturated rings. The van der Waals surface area contributed by atoms with Gasteiger partial charge >= 0.3 is 12.1 Å². The van der Waals surface area contributed by atoms with Crippen molar-refractivity contribution in [1.29, 1.82) is 0 Å². The molecule has 0 bridgehead atoms. The average molecular weight is 358 g/mol. The fourth-order valence-corrected chi connectivity index (χ4v) is 2.47. The number of hydrogen-bond acceptors (Lipinski definition) is 4. The lowest BCUT2D eigenvalue weighted by Gasteiger charge is -2.17. The summed E-state index contributed by atoms with van der Waals surface area (Å²) in [5, 5.41) is 2.62. The summed E-state index contributed by atoms with van der Waals surface area (Å²) in [4.78, 5) is 23.8. The highest BCUT2D eigenvalue weighted by molar-refractivity contribution is 5.81. The zero-order valence-electron chi connectivity index (χ0n) is 16.8. The van der Waals surface area contributed by atoms with Crippen molar-refractivity contribution in [3.05, 3.63) is 0 Å². The van der Waals surface area contributed by atoms with Crippen molar-refractivity contribution in [3.8, 4) is 0 Å². The molecule has 0 aromatic carbocycles. The minimum Gasteiger partial charge on any atom is -0.464 e. The van der Waals surface area contributed by atoms with Gasteiger partial charge in [-0.05, 0) is 18.8 Å². The Bertz CT molecular complexity index is 345. The zero-order chi connectivity index (χ0) is 18.9. The first kappa shape index (κ1) is 23.7. The predicted octanol–water partition coefficient (Wildman–Crippen LogP) is 5.22. The van der Waals surface area contributed by atoms with Gasteiger partial charge in [0.05, 0.1) is 13.2 Å². The summed E-state index contributed by atoms with van der Waals surface area (Å²) in [5.74, 6) is -0.0874. The molecule has 0 heterocycles. The molecule has 5 nitrogen and oxygen atoms in total. The number of esters is 1. The summed E-state index contributed by atoms with van der Waals surface area (Å²) in [5.41, 5.74) is 0. The van der Waals surface area contributed by atoms with Crippen LogP contribution in [-0.4, -0.2) is 31.3 Å². The molecule has 5 heteroatoms. The second-order valence-electron chi connectivity index (χ2n) is 7.12. The van der Waals surface area contributed by atoms with Gasteiger partial charge in [0.25, 0.3) is 0 Å². The molecule has 0 aliphatic rings. The summed E-state index contributed by atoms with van der Waals surface area (Å²) in [6.45, 7) is 8.90. The van der Waals surface area contributed by atoms with Crippen LogP contribution in [0.15, 0.2) is 0 Å². The van der Waals surface area contributed by atoms with Crippen LogP contribution in [0.4, 0.5) is 4.79 Å². The van der Waals surface area contributed by atoms with Crippen LogP contribution < -0.4 is 5.32 Å². The van der Waals surface area contributed by atoms with E-state index < -0.39 is 12.1 Å². The maximum absolute atomic E-state index is 12.1. The Morgan fingerprint density at radius 1 is 0.840 bits per heavy atom. The van der Waals surface area contributed by atoms with Gasteiger partial charge in [0, 0.05) is 0 Å². The second-order valence-corrected chi connectivity index (χ2v) is 7.12. The lowest BCUT2D eigenvalue weighted by atomic mass is 10.1. The maximum Gasteiger partial charge on any atom is 0.407 e. The number of amides is 1. The third kappa shape index (κ3) is 14.8. The summed E-state index contributed by atoms with van der Waals surface area (Å²) < 4.78 is 10.4.